The van der Waals surface area contributed by atoms with E-state index in [-0.39, 0.29) is 32.1 Å². The smallest absolute Gasteiger partial charge is 0.147 e. The molecule has 278 valence electrons. The van der Waals surface area contributed by atoms with Gasteiger partial charge in [-0.3, -0.25) is 0 Å². The van der Waals surface area contributed by atoms with Crippen molar-refractivity contribution in [2.75, 3.05) is 0 Å². The fraction of sp³-hybridized carbons (Fsp3) is 0.250. The second kappa shape index (κ2) is 14.3. The van der Waals surface area contributed by atoms with Gasteiger partial charge in [0.2, 0.25) is 0 Å². The van der Waals surface area contributed by atoms with Crippen molar-refractivity contribution in [3.05, 3.63) is 164 Å². The topological polar surface area (TPSA) is 26.3 Å². The summed E-state index contributed by atoms with van der Waals surface area (Å²) in [5, 5.41) is 0. The Hall–Kier alpha value is -3.40. The first-order chi connectivity index (χ1) is 24.6. The molecule has 2 unspecified atom stereocenters. The fourth-order valence-electron chi connectivity index (χ4n) is 9.55. The number of aryl methyl sites for hydroxylation is 6. The Kier molecular flexibility index (Phi) is 10.6. The van der Waals surface area contributed by atoms with E-state index in [2.05, 4.69) is 169 Å². The van der Waals surface area contributed by atoms with Gasteiger partial charge in [-0.15, -0.1) is 24.8 Å². The third-order valence-electron chi connectivity index (χ3n) is 12.6. The van der Waals surface area contributed by atoms with Gasteiger partial charge >= 0.3 is 314 Å². The zero-order chi connectivity index (χ0) is 36.9. The van der Waals surface area contributed by atoms with E-state index in [1.165, 1.54) is 89.0 Å². The van der Waals surface area contributed by atoms with Gasteiger partial charge in [-0.05, 0) is 0 Å². The third-order valence-corrected chi connectivity index (χ3v) is 29.8. The largest absolute Gasteiger partial charge is 0.147 e. The molecule has 0 N–H and O–H groups in total. The van der Waals surface area contributed by atoms with Gasteiger partial charge in [0.05, 0.1) is 0 Å². The van der Waals surface area contributed by atoms with Crippen LogP contribution in [0.5, 0.6) is 0 Å². The number of fused-ring (bicyclic) bond motifs is 2. The van der Waals surface area contributed by atoms with E-state index in [4.69, 9.17) is 8.83 Å². The number of allylic oxidation sites excluding steroid dienone is 2. The first-order valence-corrected chi connectivity index (χ1v) is 32.4. The van der Waals surface area contributed by atoms with Crippen LogP contribution in [0.25, 0.3) is 45.6 Å². The van der Waals surface area contributed by atoms with Crippen LogP contribution in [0, 0.1) is 55.4 Å². The third kappa shape index (κ3) is 6.26. The van der Waals surface area contributed by atoms with Gasteiger partial charge in [-0.25, -0.2) is 0 Å². The van der Waals surface area contributed by atoms with E-state index >= 15 is 0 Å². The molecule has 54 heavy (non-hydrogen) atoms. The van der Waals surface area contributed by atoms with Crippen molar-refractivity contribution in [3.63, 3.8) is 0 Å². The summed E-state index contributed by atoms with van der Waals surface area (Å²) >= 11 is -4.23. The van der Waals surface area contributed by atoms with Crippen LogP contribution in [0.4, 0.5) is 0 Å². The fourth-order valence-corrected chi connectivity index (χ4v) is 27.9. The van der Waals surface area contributed by atoms with E-state index in [0.29, 0.717) is 0 Å². The molecular weight excluding hydrogens is 799 g/mol. The minimum absolute atomic E-state index is 0. The maximum absolute atomic E-state index is 6.72. The molecule has 2 aromatic heterocycles. The standard InChI is InChI=1S/2C23H21O.2CH3.2ClH.H2Si.Zr/c2*1-14-10-19-12-20(22-11-15(2)17(4)24-22)13-21(19)23(16(14)3)18-8-6-5-7-9-18;;;;;;/h2*5-13H,1-4H3;2*1H3;2*1H;1H2;. The number of halogens is 2. The first-order valence-electron chi connectivity index (χ1n) is 18.7. The number of hydrogen-bond donors (Lipinski definition) is 0. The predicted octanol–water partition coefficient (Wildman–Crippen LogP) is 13.7. The Bertz CT molecular complexity index is 2370. The van der Waals surface area contributed by atoms with Crippen LogP contribution < -0.4 is 0 Å². The van der Waals surface area contributed by atoms with Gasteiger partial charge in [0.15, 0.2) is 0 Å². The van der Waals surface area contributed by atoms with Gasteiger partial charge in [0, 0.05) is 0 Å². The average Bonchev–Trinajstić information content (AvgIpc) is 3.86. The summed E-state index contributed by atoms with van der Waals surface area (Å²) in [7, 11) is 0. The van der Waals surface area contributed by atoms with Crippen LogP contribution in [0.15, 0.2) is 93.8 Å². The van der Waals surface area contributed by atoms with Crippen LogP contribution >= 0.6 is 24.8 Å². The monoisotopic (exact) mass is 848 g/mol. The molecular formula is C48H52Cl2O2SiZr. The molecule has 0 bridgehead atoms. The molecule has 8 rings (SSSR count). The molecule has 2 heterocycles. The van der Waals surface area contributed by atoms with E-state index in [9.17, 15) is 0 Å². The molecule has 6 aromatic rings. The molecule has 0 spiro atoms. The Morgan fingerprint density at radius 2 is 0.852 bits per heavy atom. The molecule has 4 aromatic carbocycles. The van der Waals surface area contributed by atoms with E-state index in [0.717, 1.165) is 23.0 Å². The molecule has 0 radical (unpaired) electrons. The Morgan fingerprint density at radius 3 is 1.17 bits per heavy atom. The van der Waals surface area contributed by atoms with Gasteiger partial charge < -0.3 is 0 Å². The Balaban J connectivity index is 0.00000249. The predicted molar refractivity (Wildman–Crippen MR) is 235 cm³/mol. The number of rotatable bonds is 6. The van der Waals surface area contributed by atoms with Gasteiger partial charge in [-0.2, -0.15) is 0 Å². The molecule has 6 heteroatoms. The van der Waals surface area contributed by atoms with E-state index in [1.54, 1.807) is 0 Å². The van der Waals surface area contributed by atoms with Crippen molar-refractivity contribution in [1.29, 1.82) is 0 Å². The van der Waals surface area contributed by atoms with Gasteiger partial charge in [0.1, 0.15) is 0 Å². The molecule has 0 amide bonds. The average molecular weight is 851 g/mol. The Labute approximate surface area is 336 Å². The zero-order valence-electron chi connectivity index (χ0n) is 33.2. The minimum atomic E-state index is -4.23. The van der Waals surface area contributed by atoms with Gasteiger partial charge in [0.25, 0.3) is 0 Å². The van der Waals surface area contributed by atoms with Crippen molar-refractivity contribution >= 4 is 55.0 Å². The van der Waals surface area contributed by atoms with Crippen molar-refractivity contribution in [2.45, 2.75) is 71.9 Å². The maximum Gasteiger partial charge on any atom is -0.147 e. The number of furan rings is 2. The van der Waals surface area contributed by atoms with Crippen molar-refractivity contribution in [1.82, 2.24) is 0 Å². The molecule has 0 saturated heterocycles. The van der Waals surface area contributed by atoms with Gasteiger partial charge in [-0.1, -0.05) is 0 Å². The van der Waals surface area contributed by atoms with Crippen molar-refractivity contribution < 1.29 is 26.2 Å². The maximum atomic E-state index is 6.72. The van der Waals surface area contributed by atoms with E-state index < -0.39 is 17.4 Å². The molecule has 2 aliphatic rings. The minimum Gasteiger partial charge on any atom is -0.147 e. The molecule has 0 aliphatic heterocycles. The van der Waals surface area contributed by atoms with Crippen molar-refractivity contribution in [3.8, 4) is 22.3 Å². The normalized spacial score (nSPS) is 16.3. The molecule has 0 fully saturated rings. The van der Waals surface area contributed by atoms with Crippen LogP contribution in [0.3, 0.4) is 0 Å². The van der Waals surface area contributed by atoms with Crippen LogP contribution in [0.2, 0.25) is 9.26 Å². The molecule has 2 atom stereocenters. The summed E-state index contributed by atoms with van der Waals surface area (Å²) in [4.78, 5) is 0. The number of hydrogen-bond acceptors (Lipinski definition) is 2. The summed E-state index contributed by atoms with van der Waals surface area (Å²) < 4.78 is 19.3. The SMILES string of the molecule is Cc1cc(C2=Cc3c(cc(C)c(C)c3-c3ccccc3)[CH]2[Zr]([CH3])([CH3])(=[SiH2])[CH]2C(c3cc(C)c(C)o3)=Cc3c2cc(C)c(C)c3-c2ccccc2)oc1C.Cl.Cl. The summed E-state index contributed by atoms with van der Waals surface area (Å²) in [6, 6.07) is 31.6. The molecule has 2 nitrogen and oxygen atoms in total. The van der Waals surface area contributed by atoms with Crippen LogP contribution in [-0.4, -0.2) is 6.88 Å². The summed E-state index contributed by atoms with van der Waals surface area (Å²) in [5.41, 5.74) is 21.3. The second-order valence-corrected chi connectivity index (χ2v) is 47.3. The van der Waals surface area contributed by atoms with Crippen molar-refractivity contribution in [2.24, 2.45) is 0 Å². The number of benzene rings is 4. The quantitative estimate of drug-likeness (QED) is 0.156. The molecule has 0 saturated carbocycles. The Morgan fingerprint density at radius 1 is 0.500 bits per heavy atom. The van der Waals surface area contributed by atoms with Crippen LogP contribution in [-0.2, 0) is 17.4 Å². The second-order valence-electron chi connectivity index (χ2n) is 16.8. The summed E-state index contributed by atoms with van der Waals surface area (Å²) in [6.07, 6.45) is 5.02. The summed E-state index contributed by atoms with van der Waals surface area (Å²) in [6.45, 7) is 20.1. The zero-order valence-corrected chi connectivity index (χ0v) is 38.7. The first kappa shape index (κ1) is 40.3. The van der Waals surface area contributed by atoms with E-state index in [1.807, 2.05) is 0 Å². The molecule has 2 aliphatic carbocycles. The van der Waals surface area contributed by atoms with Crippen LogP contribution in [0.1, 0.15) is 85.9 Å². The summed E-state index contributed by atoms with van der Waals surface area (Å²) in [5.74, 6) is 4.02.